The van der Waals surface area contributed by atoms with Gasteiger partial charge in [0.05, 0.1) is 22.7 Å². The zero-order valence-electron chi connectivity index (χ0n) is 14.2. The molecule has 5 nitrogen and oxygen atoms in total. The van der Waals surface area contributed by atoms with Crippen LogP contribution in [0.25, 0.3) is 10.9 Å². The van der Waals surface area contributed by atoms with E-state index in [0.717, 1.165) is 29.3 Å². The Morgan fingerprint density at radius 1 is 1.29 bits per heavy atom. The van der Waals surface area contributed by atoms with E-state index in [4.69, 9.17) is 5.11 Å². The maximum atomic E-state index is 13.0. The minimum absolute atomic E-state index is 0.113. The molecular formula is C19H22N2O3. The fourth-order valence-corrected chi connectivity index (χ4v) is 2.90. The number of aryl methyl sites for hydroxylation is 2. The summed E-state index contributed by atoms with van der Waals surface area (Å²) in [7, 11) is 0. The molecule has 0 unspecified atom stereocenters. The third kappa shape index (κ3) is 3.25. The van der Waals surface area contributed by atoms with Gasteiger partial charge in [0.25, 0.3) is 5.91 Å². The number of nitrogens with zero attached hydrogens (tertiary/aromatic N) is 2. The van der Waals surface area contributed by atoms with Crippen LogP contribution in [0.4, 0.5) is 0 Å². The summed E-state index contributed by atoms with van der Waals surface area (Å²) in [6.45, 7) is 5.72. The number of hydrogen-bond donors (Lipinski definition) is 1. The van der Waals surface area contributed by atoms with Crippen molar-refractivity contribution in [2.75, 3.05) is 6.54 Å². The summed E-state index contributed by atoms with van der Waals surface area (Å²) >= 11 is 0. The maximum absolute atomic E-state index is 13.0. The second kappa shape index (κ2) is 6.23. The SMILES string of the molecule is Cc1ccc2cc(C(=O)N(C[C@H](C)C(=O)O)C3CC3)c(C)nc2c1. The lowest BCUT2D eigenvalue weighted by atomic mass is 10.1. The normalized spacial score (nSPS) is 15.3. The molecule has 0 radical (unpaired) electrons. The summed E-state index contributed by atoms with van der Waals surface area (Å²) < 4.78 is 0. The first-order valence-electron chi connectivity index (χ1n) is 8.28. The van der Waals surface area contributed by atoms with Crippen LogP contribution < -0.4 is 0 Å². The molecule has 1 aromatic heterocycles. The molecule has 1 aliphatic carbocycles. The molecule has 0 bridgehead atoms. The summed E-state index contributed by atoms with van der Waals surface area (Å²) in [4.78, 5) is 30.5. The van der Waals surface area contributed by atoms with Crippen LogP contribution in [0.15, 0.2) is 24.3 Å². The first kappa shape index (κ1) is 16.4. The average Bonchev–Trinajstić information content (AvgIpc) is 3.35. The predicted octanol–water partition coefficient (Wildman–Crippen LogP) is 3.18. The molecule has 1 heterocycles. The minimum atomic E-state index is -0.878. The van der Waals surface area contributed by atoms with Crippen molar-refractivity contribution in [3.63, 3.8) is 0 Å². The van der Waals surface area contributed by atoms with E-state index in [9.17, 15) is 9.59 Å². The molecule has 1 aliphatic rings. The third-order valence-corrected chi connectivity index (χ3v) is 4.53. The number of hydrogen-bond acceptors (Lipinski definition) is 3. The van der Waals surface area contributed by atoms with E-state index in [2.05, 4.69) is 4.98 Å². The van der Waals surface area contributed by atoms with E-state index in [1.54, 1.807) is 11.8 Å². The number of carboxylic acid groups (broad SMARTS) is 1. The quantitative estimate of drug-likeness (QED) is 0.916. The van der Waals surface area contributed by atoms with Crippen LogP contribution in [0, 0.1) is 19.8 Å². The van der Waals surface area contributed by atoms with Gasteiger partial charge in [-0.05, 0) is 44.4 Å². The van der Waals surface area contributed by atoms with Gasteiger partial charge in [0.15, 0.2) is 0 Å². The van der Waals surface area contributed by atoms with E-state index in [0.29, 0.717) is 11.3 Å². The van der Waals surface area contributed by atoms with Crippen LogP contribution in [-0.4, -0.2) is 39.5 Å². The number of aromatic nitrogens is 1. The van der Waals surface area contributed by atoms with Crippen LogP contribution >= 0.6 is 0 Å². The lowest BCUT2D eigenvalue weighted by Crippen LogP contribution is -2.39. The summed E-state index contributed by atoms with van der Waals surface area (Å²) in [6.07, 6.45) is 1.88. The fraction of sp³-hybridized carbons (Fsp3) is 0.421. The molecule has 3 rings (SSSR count). The van der Waals surface area contributed by atoms with Crippen LogP contribution in [0.5, 0.6) is 0 Å². The van der Waals surface area contributed by atoms with Crippen molar-refractivity contribution < 1.29 is 14.7 Å². The number of carbonyl (C=O) groups is 2. The van der Waals surface area contributed by atoms with E-state index < -0.39 is 11.9 Å². The smallest absolute Gasteiger partial charge is 0.308 e. The zero-order chi connectivity index (χ0) is 17.4. The van der Waals surface area contributed by atoms with Gasteiger partial charge in [-0.15, -0.1) is 0 Å². The number of amides is 1. The van der Waals surface area contributed by atoms with Crippen molar-refractivity contribution in [1.29, 1.82) is 0 Å². The maximum Gasteiger partial charge on any atom is 0.308 e. The van der Waals surface area contributed by atoms with Gasteiger partial charge in [-0.2, -0.15) is 0 Å². The molecule has 5 heteroatoms. The highest BCUT2D eigenvalue weighted by molar-refractivity contribution is 5.99. The van der Waals surface area contributed by atoms with Crippen molar-refractivity contribution in [2.24, 2.45) is 5.92 Å². The van der Waals surface area contributed by atoms with Gasteiger partial charge < -0.3 is 10.0 Å². The molecule has 0 saturated heterocycles. The van der Waals surface area contributed by atoms with E-state index in [1.807, 2.05) is 38.1 Å². The summed E-state index contributed by atoms with van der Waals surface area (Å²) in [5.41, 5.74) is 3.26. The molecule has 0 aliphatic heterocycles. The predicted molar refractivity (Wildman–Crippen MR) is 92.1 cm³/mol. The summed E-state index contributed by atoms with van der Waals surface area (Å²) in [5.74, 6) is -1.57. The summed E-state index contributed by atoms with van der Waals surface area (Å²) in [6, 6.07) is 8.00. The van der Waals surface area contributed by atoms with Gasteiger partial charge in [-0.3, -0.25) is 14.6 Å². The molecule has 24 heavy (non-hydrogen) atoms. The fourth-order valence-electron chi connectivity index (χ4n) is 2.90. The van der Waals surface area contributed by atoms with Crippen LogP contribution in [0.3, 0.4) is 0 Å². The Hall–Kier alpha value is -2.43. The Morgan fingerprint density at radius 3 is 2.62 bits per heavy atom. The van der Waals surface area contributed by atoms with Gasteiger partial charge in [0.1, 0.15) is 0 Å². The average molecular weight is 326 g/mol. The van der Waals surface area contributed by atoms with Gasteiger partial charge in [-0.25, -0.2) is 0 Å². The standard InChI is InChI=1S/C19H22N2O3/c1-11-4-5-14-9-16(13(3)20-17(14)8-11)18(22)21(15-6-7-15)10-12(2)19(23)24/h4-5,8-9,12,15H,6-7,10H2,1-3H3,(H,23,24)/t12-/m0/s1. The van der Waals surface area contributed by atoms with Crippen molar-refractivity contribution in [3.05, 3.63) is 41.1 Å². The van der Waals surface area contributed by atoms with Crippen LogP contribution in [0.2, 0.25) is 0 Å². The number of rotatable bonds is 5. The number of aliphatic carboxylic acids is 1. The Labute approximate surface area is 141 Å². The molecule has 1 saturated carbocycles. The molecule has 1 fully saturated rings. The van der Waals surface area contributed by atoms with Gasteiger partial charge in [-0.1, -0.05) is 19.1 Å². The molecular weight excluding hydrogens is 304 g/mol. The first-order valence-corrected chi connectivity index (χ1v) is 8.28. The molecule has 126 valence electrons. The van der Waals surface area contributed by atoms with Crippen molar-refractivity contribution in [1.82, 2.24) is 9.88 Å². The molecule has 1 atom stereocenters. The minimum Gasteiger partial charge on any atom is -0.481 e. The van der Waals surface area contributed by atoms with Gasteiger partial charge >= 0.3 is 5.97 Å². The highest BCUT2D eigenvalue weighted by Gasteiger charge is 2.35. The molecule has 0 spiro atoms. The number of carboxylic acids is 1. The number of benzene rings is 1. The van der Waals surface area contributed by atoms with Crippen LogP contribution in [-0.2, 0) is 4.79 Å². The number of pyridine rings is 1. The Kier molecular flexibility index (Phi) is 4.26. The van der Waals surface area contributed by atoms with Crippen molar-refractivity contribution >= 4 is 22.8 Å². The third-order valence-electron chi connectivity index (χ3n) is 4.53. The van der Waals surface area contributed by atoms with E-state index >= 15 is 0 Å². The van der Waals surface area contributed by atoms with Crippen molar-refractivity contribution in [2.45, 2.75) is 39.7 Å². The highest BCUT2D eigenvalue weighted by Crippen LogP contribution is 2.30. The Bertz CT molecular complexity index is 812. The van der Waals surface area contributed by atoms with Crippen molar-refractivity contribution in [3.8, 4) is 0 Å². The second-order valence-electron chi connectivity index (χ2n) is 6.75. The monoisotopic (exact) mass is 326 g/mol. The van der Waals surface area contributed by atoms with Gasteiger partial charge in [0, 0.05) is 18.0 Å². The Balaban J connectivity index is 1.95. The lowest BCUT2D eigenvalue weighted by Gasteiger charge is -2.25. The first-order chi connectivity index (χ1) is 11.4. The van der Waals surface area contributed by atoms with E-state index in [-0.39, 0.29) is 18.5 Å². The lowest BCUT2D eigenvalue weighted by molar-refractivity contribution is -0.141. The molecule has 1 amide bonds. The highest BCUT2D eigenvalue weighted by atomic mass is 16.4. The topological polar surface area (TPSA) is 70.5 Å². The van der Waals surface area contributed by atoms with Crippen LogP contribution in [0.1, 0.15) is 41.4 Å². The van der Waals surface area contributed by atoms with E-state index in [1.165, 1.54) is 0 Å². The number of fused-ring (bicyclic) bond motifs is 1. The summed E-state index contributed by atoms with van der Waals surface area (Å²) in [5, 5.41) is 10.1. The van der Waals surface area contributed by atoms with Gasteiger partial charge in [0.2, 0.25) is 0 Å². The zero-order valence-corrected chi connectivity index (χ0v) is 14.2. The second-order valence-corrected chi connectivity index (χ2v) is 6.75. The molecule has 2 aromatic rings. The molecule has 1 N–H and O–H groups in total. The number of carbonyl (C=O) groups excluding carboxylic acids is 1. The Morgan fingerprint density at radius 2 is 2.00 bits per heavy atom. The molecule has 1 aromatic carbocycles. The largest absolute Gasteiger partial charge is 0.481 e.